The number of hydrogen-bond acceptors (Lipinski definition) is 6. The smallest absolute Gasteiger partial charge is 0.490 e. The number of esters is 1. The molecule has 0 fully saturated rings. The molecule has 10 heteroatoms. The van der Waals surface area contributed by atoms with E-state index >= 15 is 0 Å². The second kappa shape index (κ2) is 10.5. The van der Waals surface area contributed by atoms with Crippen molar-refractivity contribution in [3.63, 3.8) is 0 Å². The van der Waals surface area contributed by atoms with E-state index in [2.05, 4.69) is 4.74 Å². The van der Waals surface area contributed by atoms with E-state index in [4.69, 9.17) is 10.1 Å². The molecule has 0 saturated heterocycles. The largest absolute Gasteiger partial charge is 0.507 e. The van der Waals surface area contributed by atoms with Crippen molar-refractivity contribution in [1.29, 1.82) is 5.41 Å². The molecule has 1 aliphatic heterocycles. The lowest BCUT2D eigenvalue weighted by molar-refractivity contribution is -0.201. The molecule has 2 aromatic rings. The highest BCUT2D eigenvalue weighted by Gasteiger charge is 2.41. The number of carbonyl (C=O) groups excluding carboxylic acids is 2. The zero-order valence-electron chi connectivity index (χ0n) is 23.2. The minimum absolute atomic E-state index is 0.0502. The number of amidine groups is 1. The van der Waals surface area contributed by atoms with Crippen LogP contribution in [-0.2, 0) is 26.9 Å². The zero-order valence-corrected chi connectivity index (χ0v) is 23.2. The van der Waals surface area contributed by atoms with E-state index in [0.29, 0.717) is 34.5 Å². The molecule has 2 N–H and O–H groups in total. The quantitative estimate of drug-likeness (QED) is 0.331. The van der Waals surface area contributed by atoms with E-state index in [1.165, 1.54) is 6.92 Å². The highest BCUT2D eigenvalue weighted by Crippen LogP contribution is 2.40. The number of Topliss-reactive ketones (excluding diaryl/α,β-unsaturated/α-hetero) is 1. The van der Waals surface area contributed by atoms with Gasteiger partial charge in [-0.25, -0.2) is 4.79 Å². The summed E-state index contributed by atoms with van der Waals surface area (Å²) in [4.78, 5) is 26.0. The summed E-state index contributed by atoms with van der Waals surface area (Å²) in [6.45, 7) is 13.0. The molecular formula is C29H35F3N2O5. The SMILES string of the molecule is CC(COC(=O)C(F)(F)F)Oc1ccc2c(c1)C(=N)N(CC(=O)c1cc(C(C)(C)C)c(O)c(C(C)(C)C)c1)C2. The average molecular weight is 549 g/mol. The number of alkyl halides is 3. The number of nitrogens with zero attached hydrogens (tertiary/aromatic N) is 1. The van der Waals surface area contributed by atoms with Gasteiger partial charge >= 0.3 is 12.1 Å². The number of aromatic hydroxyl groups is 1. The van der Waals surface area contributed by atoms with Gasteiger partial charge in [0.1, 0.15) is 30.0 Å². The number of benzene rings is 2. The molecular weight excluding hydrogens is 513 g/mol. The van der Waals surface area contributed by atoms with Gasteiger partial charge < -0.3 is 19.5 Å². The summed E-state index contributed by atoms with van der Waals surface area (Å²) in [5.74, 6) is -1.88. The Morgan fingerprint density at radius 1 is 1.03 bits per heavy atom. The Labute approximate surface area is 226 Å². The van der Waals surface area contributed by atoms with Crippen molar-refractivity contribution in [1.82, 2.24) is 4.90 Å². The molecule has 212 valence electrons. The predicted molar refractivity (Wildman–Crippen MR) is 141 cm³/mol. The van der Waals surface area contributed by atoms with Crippen LogP contribution in [0.1, 0.15) is 81.1 Å². The Morgan fingerprint density at radius 3 is 2.10 bits per heavy atom. The molecule has 2 aromatic carbocycles. The number of halogens is 3. The molecule has 1 heterocycles. The number of carbonyl (C=O) groups is 2. The first kappa shape index (κ1) is 30.0. The number of hydrogen-bond donors (Lipinski definition) is 2. The van der Waals surface area contributed by atoms with E-state index in [-0.39, 0.29) is 23.9 Å². The maximum atomic E-state index is 13.4. The molecule has 0 spiro atoms. The first-order valence-electron chi connectivity index (χ1n) is 12.6. The van der Waals surface area contributed by atoms with Crippen molar-refractivity contribution in [2.24, 2.45) is 0 Å². The Morgan fingerprint density at radius 2 is 1.59 bits per heavy atom. The third-order valence-electron chi connectivity index (χ3n) is 6.41. The fourth-order valence-electron chi connectivity index (χ4n) is 4.32. The molecule has 1 atom stereocenters. The van der Waals surface area contributed by atoms with Crippen LogP contribution in [-0.4, -0.2) is 53.0 Å². The van der Waals surface area contributed by atoms with Crippen LogP contribution in [0.3, 0.4) is 0 Å². The number of phenolic OH excluding ortho intramolecular Hbond substituents is 1. The summed E-state index contributed by atoms with van der Waals surface area (Å²) < 4.78 is 46.8. The van der Waals surface area contributed by atoms with Gasteiger partial charge in [-0.2, -0.15) is 13.2 Å². The van der Waals surface area contributed by atoms with Crippen molar-refractivity contribution < 1.29 is 37.3 Å². The number of ether oxygens (including phenoxy) is 2. The average Bonchev–Trinajstić information content (AvgIpc) is 3.10. The van der Waals surface area contributed by atoms with Gasteiger partial charge in [0.05, 0.1) is 6.54 Å². The van der Waals surface area contributed by atoms with E-state index < -0.39 is 35.7 Å². The summed E-state index contributed by atoms with van der Waals surface area (Å²) in [5, 5.41) is 19.6. The summed E-state index contributed by atoms with van der Waals surface area (Å²) >= 11 is 0. The molecule has 7 nitrogen and oxygen atoms in total. The maximum absolute atomic E-state index is 13.4. The number of fused-ring (bicyclic) bond motifs is 1. The van der Waals surface area contributed by atoms with Crippen LogP contribution in [0.4, 0.5) is 13.2 Å². The topological polar surface area (TPSA) is 99.9 Å². The summed E-state index contributed by atoms with van der Waals surface area (Å²) in [5.41, 5.74) is 2.36. The van der Waals surface area contributed by atoms with Gasteiger partial charge in [-0.05, 0) is 47.6 Å². The maximum Gasteiger partial charge on any atom is 0.490 e. The lowest BCUT2D eigenvalue weighted by atomic mass is 9.78. The third kappa shape index (κ3) is 6.91. The van der Waals surface area contributed by atoms with E-state index in [1.807, 2.05) is 41.5 Å². The van der Waals surface area contributed by atoms with Crippen LogP contribution in [0.2, 0.25) is 0 Å². The van der Waals surface area contributed by atoms with Gasteiger partial charge in [-0.3, -0.25) is 10.2 Å². The fourth-order valence-corrected chi connectivity index (χ4v) is 4.32. The fraction of sp³-hybridized carbons (Fsp3) is 0.483. The Bertz CT molecular complexity index is 1250. The zero-order chi connectivity index (χ0) is 29.5. The third-order valence-corrected chi connectivity index (χ3v) is 6.41. The number of nitrogens with one attached hydrogen (secondary N) is 1. The molecule has 0 bridgehead atoms. The molecule has 0 aliphatic carbocycles. The van der Waals surface area contributed by atoms with E-state index in [0.717, 1.165) is 5.56 Å². The molecule has 39 heavy (non-hydrogen) atoms. The standard InChI is InChI=1S/C29H35F3N2O5/c1-16(15-38-26(37)29(30,31)32)39-19-9-8-17-13-34(25(33)20(17)12-19)14-23(35)18-10-21(27(2,3)4)24(36)22(11-18)28(5,6)7/h8-12,16,33,36H,13-15H2,1-7H3. The van der Waals surface area contributed by atoms with Crippen LogP contribution in [0.25, 0.3) is 0 Å². The minimum Gasteiger partial charge on any atom is -0.507 e. The van der Waals surface area contributed by atoms with Crippen molar-refractivity contribution in [3.05, 3.63) is 58.1 Å². The van der Waals surface area contributed by atoms with Crippen molar-refractivity contribution >= 4 is 17.6 Å². The summed E-state index contributed by atoms with van der Waals surface area (Å²) in [6, 6.07) is 8.37. The molecule has 0 amide bonds. The van der Waals surface area contributed by atoms with Crippen LogP contribution >= 0.6 is 0 Å². The second-order valence-corrected chi connectivity index (χ2v) is 11.9. The molecule has 0 aromatic heterocycles. The highest BCUT2D eigenvalue weighted by molar-refractivity contribution is 6.05. The van der Waals surface area contributed by atoms with Gasteiger partial charge in [0, 0.05) is 28.8 Å². The summed E-state index contributed by atoms with van der Waals surface area (Å²) in [6.07, 6.45) is -5.93. The normalized spacial score (nSPS) is 14.7. The molecule has 0 radical (unpaired) electrons. The highest BCUT2D eigenvalue weighted by atomic mass is 19.4. The van der Waals surface area contributed by atoms with Crippen LogP contribution in [0.5, 0.6) is 11.5 Å². The van der Waals surface area contributed by atoms with Crippen molar-refractivity contribution in [2.75, 3.05) is 13.2 Å². The van der Waals surface area contributed by atoms with E-state index in [1.54, 1.807) is 35.2 Å². The van der Waals surface area contributed by atoms with Gasteiger partial charge in [-0.15, -0.1) is 0 Å². The van der Waals surface area contributed by atoms with Crippen molar-refractivity contribution in [3.8, 4) is 11.5 Å². The van der Waals surface area contributed by atoms with Crippen LogP contribution in [0, 0.1) is 5.41 Å². The molecule has 1 aliphatic rings. The Hall–Kier alpha value is -3.56. The monoisotopic (exact) mass is 548 g/mol. The Balaban J connectivity index is 1.75. The lowest BCUT2D eigenvalue weighted by Crippen LogP contribution is -2.31. The predicted octanol–water partition coefficient (Wildman–Crippen LogP) is 5.88. The number of rotatable bonds is 7. The van der Waals surface area contributed by atoms with Gasteiger partial charge in [0.25, 0.3) is 0 Å². The minimum atomic E-state index is -5.08. The second-order valence-electron chi connectivity index (χ2n) is 11.9. The van der Waals surface area contributed by atoms with Crippen LogP contribution in [0.15, 0.2) is 30.3 Å². The van der Waals surface area contributed by atoms with Crippen LogP contribution < -0.4 is 4.74 Å². The molecule has 0 saturated carbocycles. The first-order chi connectivity index (χ1) is 17.8. The lowest BCUT2D eigenvalue weighted by Gasteiger charge is -2.28. The van der Waals surface area contributed by atoms with Crippen molar-refractivity contribution in [2.45, 2.75) is 78.1 Å². The van der Waals surface area contributed by atoms with E-state index in [9.17, 15) is 27.9 Å². The molecule has 1 unspecified atom stereocenters. The number of phenols is 1. The van der Waals surface area contributed by atoms with Gasteiger partial charge in [0.15, 0.2) is 5.78 Å². The number of ketones is 1. The summed E-state index contributed by atoms with van der Waals surface area (Å²) in [7, 11) is 0. The molecule has 3 rings (SSSR count). The van der Waals surface area contributed by atoms with Gasteiger partial charge in [-0.1, -0.05) is 47.6 Å². The van der Waals surface area contributed by atoms with Gasteiger partial charge in [0.2, 0.25) is 0 Å². The first-order valence-corrected chi connectivity index (χ1v) is 12.6. The Kier molecular flexibility index (Phi) is 8.11.